The second kappa shape index (κ2) is 24.5. The van der Waals surface area contributed by atoms with Gasteiger partial charge in [-0.1, -0.05) is 224 Å². The van der Waals surface area contributed by atoms with Crippen molar-refractivity contribution in [3.63, 3.8) is 0 Å². The first-order chi connectivity index (χ1) is 52.5. The van der Waals surface area contributed by atoms with Crippen molar-refractivity contribution < 1.29 is 17.7 Å². The summed E-state index contributed by atoms with van der Waals surface area (Å²) in [4.78, 5) is 40.9. The molecule has 0 spiro atoms. The second-order valence-corrected chi connectivity index (χ2v) is 26.1. The lowest BCUT2D eigenvalue weighted by atomic mass is 10.0. The van der Waals surface area contributed by atoms with Gasteiger partial charge < -0.3 is 17.7 Å². The van der Waals surface area contributed by atoms with Crippen LogP contribution in [0.4, 0.5) is 0 Å². The summed E-state index contributed by atoms with van der Waals surface area (Å²) in [5.41, 5.74) is 18.9. The molecule has 0 amide bonds. The Hall–Kier alpha value is -14.8. The van der Waals surface area contributed by atoms with Crippen molar-refractivity contribution in [2.24, 2.45) is 0 Å². The predicted octanol–water partition coefficient (Wildman–Crippen LogP) is 23.4. The van der Waals surface area contributed by atoms with E-state index in [1.54, 1.807) is 0 Å². The fraction of sp³-hybridized carbons (Fsp3) is 0. The molecule has 496 valence electrons. The first-order valence-electron chi connectivity index (χ1n) is 35.0. The van der Waals surface area contributed by atoms with E-state index < -0.39 is 0 Å². The van der Waals surface area contributed by atoms with Gasteiger partial charge in [-0.05, 0) is 103 Å². The molecule has 0 fully saturated rings. The molecule has 0 saturated carbocycles. The van der Waals surface area contributed by atoms with Crippen molar-refractivity contribution in [3.05, 3.63) is 328 Å². The summed E-state index contributed by atoms with van der Waals surface area (Å²) < 4.78 is 30.6. The highest BCUT2D eigenvalue weighted by Crippen LogP contribution is 2.45. The topological polar surface area (TPSA) is 166 Å². The molecule has 14 heteroatoms. The lowest BCUT2D eigenvalue weighted by Crippen LogP contribution is -2.00. The standard InChI is InChI=1S/2C46H27N5O2/c1-3-14-28(15-4-1)43-48-44(50-45(49-43)34-22-11-19-31-30-18-7-10-26-38(30)52-41(31)34)33-21-13-27-39-40(33)32-20-12-23-35(42(32)53-39)46-47-36-24-8-9-25-37(36)51(46)29-16-5-2-6-17-29;1-3-13-28(14-4-1)43-48-44(29-25-26-32-31-17-7-10-23-38(31)52-40(32)27-29)50-45(49-43)34-19-12-24-39-41(34)33-18-11-20-35(42(33)53-39)46-47-36-21-8-9-22-37(36)51(46)30-15-5-2-6-16-30/h2*1-27H. The van der Waals surface area contributed by atoms with E-state index in [-0.39, 0.29) is 0 Å². The summed E-state index contributed by atoms with van der Waals surface area (Å²) in [7, 11) is 0. The summed E-state index contributed by atoms with van der Waals surface area (Å²) in [6.07, 6.45) is 0. The number of rotatable bonds is 10. The number of aromatic nitrogens is 10. The molecule has 0 saturated heterocycles. The van der Waals surface area contributed by atoms with Crippen LogP contribution in [0.1, 0.15) is 0 Å². The monoisotopic (exact) mass is 1360 g/mol. The van der Waals surface area contributed by atoms with Crippen molar-refractivity contribution in [2.75, 3.05) is 0 Å². The highest BCUT2D eigenvalue weighted by molar-refractivity contribution is 6.17. The molecular formula is C92H54N10O4. The highest BCUT2D eigenvalue weighted by Gasteiger charge is 2.27. The van der Waals surface area contributed by atoms with Crippen LogP contribution in [0.25, 0.3) is 212 Å². The van der Waals surface area contributed by atoms with Crippen LogP contribution in [-0.2, 0) is 0 Å². The number of fused-ring (bicyclic) bond motifs is 14. The number of furan rings is 4. The SMILES string of the molecule is c1ccc(-c2nc(-c3ccc4c(c3)oc3ccccc34)nc(-c3cccc4oc5c(-c6nc7ccccc7n6-c6ccccc6)cccc5c34)n2)cc1.c1ccc(-c2nc(-c3cccc4c3oc3ccccc34)nc(-c3cccc4oc5c(-c6nc7ccccc7n6-c6ccccc6)cccc5c34)n2)cc1. The van der Waals surface area contributed by atoms with Crippen molar-refractivity contribution in [3.8, 4) is 102 Å². The maximum atomic E-state index is 6.77. The lowest BCUT2D eigenvalue weighted by molar-refractivity contribution is 0.669. The van der Waals surface area contributed by atoms with Gasteiger partial charge >= 0.3 is 0 Å². The van der Waals surface area contributed by atoms with E-state index in [1.807, 2.05) is 212 Å². The molecule has 0 aliphatic rings. The molecule has 0 radical (unpaired) electrons. The van der Waals surface area contributed by atoms with Crippen LogP contribution in [0.5, 0.6) is 0 Å². The maximum absolute atomic E-state index is 6.77. The molecule has 14 aromatic carbocycles. The van der Waals surface area contributed by atoms with Gasteiger partial charge in [0.05, 0.1) is 38.8 Å². The minimum Gasteiger partial charge on any atom is -0.456 e. The van der Waals surface area contributed by atoms with E-state index in [0.717, 1.165) is 177 Å². The van der Waals surface area contributed by atoms with Crippen molar-refractivity contribution >= 4 is 110 Å². The fourth-order valence-electron chi connectivity index (χ4n) is 15.0. The summed E-state index contributed by atoms with van der Waals surface area (Å²) in [5, 5.41) is 7.93. The summed E-state index contributed by atoms with van der Waals surface area (Å²) in [5.74, 6) is 4.93. The van der Waals surface area contributed by atoms with Gasteiger partial charge in [-0.2, -0.15) is 0 Å². The Kier molecular flexibility index (Phi) is 13.9. The molecule has 0 unspecified atom stereocenters. The molecule has 22 aromatic rings. The number of benzene rings is 14. The average Bonchev–Trinajstić information content (AvgIpc) is 1.57. The maximum Gasteiger partial charge on any atom is 0.167 e. The molecule has 0 aliphatic carbocycles. The van der Waals surface area contributed by atoms with E-state index in [0.29, 0.717) is 34.9 Å². The van der Waals surface area contributed by atoms with Gasteiger partial charge in [0.2, 0.25) is 0 Å². The fourth-order valence-corrected chi connectivity index (χ4v) is 15.0. The Morgan fingerprint density at radius 3 is 1.09 bits per heavy atom. The largest absolute Gasteiger partial charge is 0.456 e. The molecule has 0 bridgehead atoms. The average molecular weight is 1360 g/mol. The third-order valence-corrected chi connectivity index (χ3v) is 19.8. The summed E-state index contributed by atoms with van der Waals surface area (Å²) in [6, 6.07) is 110. The number of para-hydroxylation sites is 11. The molecule has 8 aromatic heterocycles. The molecular weight excluding hydrogens is 1310 g/mol. The van der Waals surface area contributed by atoms with Gasteiger partial charge in [0.1, 0.15) is 56.3 Å². The molecule has 0 N–H and O–H groups in total. The predicted molar refractivity (Wildman–Crippen MR) is 422 cm³/mol. The quantitative estimate of drug-likeness (QED) is 0.127. The van der Waals surface area contributed by atoms with Crippen molar-refractivity contribution in [1.29, 1.82) is 0 Å². The van der Waals surface area contributed by atoms with Crippen LogP contribution >= 0.6 is 0 Å². The van der Waals surface area contributed by atoms with Crippen molar-refractivity contribution in [1.82, 2.24) is 49.0 Å². The molecule has 0 atom stereocenters. The zero-order valence-corrected chi connectivity index (χ0v) is 56.3. The van der Waals surface area contributed by atoms with E-state index in [4.69, 9.17) is 57.5 Å². The third kappa shape index (κ3) is 9.95. The molecule has 22 rings (SSSR count). The van der Waals surface area contributed by atoms with Gasteiger partial charge in [0.15, 0.2) is 34.9 Å². The number of imidazole rings is 2. The second-order valence-electron chi connectivity index (χ2n) is 26.1. The third-order valence-electron chi connectivity index (χ3n) is 19.8. The number of hydrogen-bond acceptors (Lipinski definition) is 12. The van der Waals surface area contributed by atoms with Crippen LogP contribution in [0.3, 0.4) is 0 Å². The summed E-state index contributed by atoms with van der Waals surface area (Å²) >= 11 is 0. The molecule has 106 heavy (non-hydrogen) atoms. The van der Waals surface area contributed by atoms with Gasteiger partial charge in [-0.3, -0.25) is 9.13 Å². The minimum absolute atomic E-state index is 0.528. The Balaban J connectivity index is 0.000000136. The van der Waals surface area contributed by atoms with Crippen LogP contribution in [0, 0.1) is 0 Å². The minimum atomic E-state index is 0.528. The van der Waals surface area contributed by atoms with Gasteiger partial charge in [-0.25, -0.2) is 39.9 Å². The van der Waals surface area contributed by atoms with Crippen LogP contribution in [0.15, 0.2) is 345 Å². The Labute approximate surface area is 603 Å². The molecule has 14 nitrogen and oxygen atoms in total. The van der Waals surface area contributed by atoms with Gasteiger partial charge in [0, 0.05) is 82.3 Å². The number of nitrogens with zero attached hydrogens (tertiary/aromatic N) is 10. The number of hydrogen-bond donors (Lipinski definition) is 0. The zero-order chi connectivity index (χ0) is 69.8. The van der Waals surface area contributed by atoms with Crippen LogP contribution < -0.4 is 0 Å². The Bertz CT molecular complexity index is 7220. The lowest BCUT2D eigenvalue weighted by Gasteiger charge is -2.10. The van der Waals surface area contributed by atoms with E-state index >= 15 is 0 Å². The Morgan fingerprint density at radius 1 is 0.208 bits per heavy atom. The highest BCUT2D eigenvalue weighted by atomic mass is 16.3. The van der Waals surface area contributed by atoms with Crippen LogP contribution in [-0.4, -0.2) is 49.0 Å². The van der Waals surface area contributed by atoms with E-state index in [1.165, 1.54) is 0 Å². The normalized spacial score (nSPS) is 11.8. The first kappa shape index (κ1) is 60.0. The zero-order valence-electron chi connectivity index (χ0n) is 56.3. The van der Waals surface area contributed by atoms with Crippen molar-refractivity contribution in [2.45, 2.75) is 0 Å². The summed E-state index contributed by atoms with van der Waals surface area (Å²) in [6.45, 7) is 0. The molecule has 8 heterocycles. The smallest absolute Gasteiger partial charge is 0.167 e. The molecule has 0 aliphatic heterocycles. The first-order valence-corrected chi connectivity index (χ1v) is 35.0. The van der Waals surface area contributed by atoms with Gasteiger partial charge in [-0.15, -0.1) is 0 Å². The Morgan fingerprint density at radius 2 is 0.557 bits per heavy atom. The van der Waals surface area contributed by atoms with Gasteiger partial charge in [0.25, 0.3) is 0 Å². The van der Waals surface area contributed by atoms with Crippen LogP contribution in [0.2, 0.25) is 0 Å². The van der Waals surface area contributed by atoms with E-state index in [9.17, 15) is 0 Å². The van der Waals surface area contributed by atoms with E-state index in [2.05, 4.69) is 124 Å².